The molecule has 0 amide bonds. The first-order valence-corrected chi connectivity index (χ1v) is 13.2. The zero-order valence-corrected chi connectivity index (χ0v) is 21.6. The van der Waals surface area contributed by atoms with Crippen LogP contribution >= 0.6 is 11.8 Å². The number of alkyl halides is 1. The van der Waals surface area contributed by atoms with E-state index in [0.29, 0.717) is 34.0 Å². The van der Waals surface area contributed by atoms with E-state index in [1.165, 1.54) is 24.0 Å². The second kappa shape index (κ2) is 9.23. The van der Waals surface area contributed by atoms with Gasteiger partial charge in [0.1, 0.15) is 17.7 Å². The van der Waals surface area contributed by atoms with Crippen molar-refractivity contribution in [3.05, 3.63) is 42.5 Å². The number of phenolic OH excluding ortho intramolecular Hbond substituents is 1. The van der Waals surface area contributed by atoms with Crippen LogP contribution in [-0.2, 0) is 0 Å². The van der Waals surface area contributed by atoms with Crippen molar-refractivity contribution in [2.24, 2.45) is 0 Å². The fraction of sp³-hybridized carbons (Fsp3) is 0.462. The van der Waals surface area contributed by atoms with Crippen LogP contribution in [0.3, 0.4) is 0 Å². The molecular weight excluding hydrogens is 482 g/mol. The molecule has 5 rings (SSSR count). The van der Waals surface area contributed by atoms with E-state index in [9.17, 15) is 9.50 Å². The van der Waals surface area contributed by atoms with Gasteiger partial charge in [-0.3, -0.25) is 0 Å². The van der Waals surface area contributed by atoms with E-state index in [-0.39, 0.29) is 23.2 Å². The van der Waals surface area contributed by atoms with Gasteiger partial charge < -0.3 is 15.3 Å². The monoisotopic (exact) mass is 512 g/mol. The normalized spacial score (nSPS) is 27.6. The molecule has 2 N–H and O–H groups in total. The molecule has 36 heavy (non-hydrogen) atoms. The minimum atomic E-state index is -1.06. The molecule has 2 aliphatic heterocycles. The molecule has 190 valence electrons. The number of aromatic nitrogens is 4. The summed E-state index contributed by atoms with van der Waals surface area (Å²) in [6.45, 7) is 4.13. The van der Waals surface area contributed by atoms with E-state index < -0.39 is 17.5 Å². The molecule has 0 radical (unpaired) electrons. The van der Waals surface area contributed by atoms with Gasteiger partial charge in [0, 0.05) is 23.7 Å². The van der Waals surface area contributed by atoms with Crippen LogP contribution in [0.5, 0.6) is 5.75 Å². The number of hydrogen-bond acceptors (Lipinski definition) is 8. The summed E-state index contributed by atoms with van der Waals surface area (Å²) in [7, 11) is 1.83. The van der Waals surface area contributed by atoms with Crippen molar-refractivity contribution < 1.29 is 13.9 Å². The number of phenols is 1. The van der Waals surface area contributed by atoms with E-state index in [4.69, 9.17) is 0 Å². The van der Waals surface area contributed by atoms with Crippen LogP contribution < -0.4 is 10.2 Å². The van der Waals surface area contributed by atoms with E-state index in [1.807, 2.05) is 25.1 Å². The van der Waals surface area contributed by atoms with Gasteiger partial charge in [0.15, 0.2) is 11.6 Å². The molecule has 2 aromatic heterocycles. The highest BCUT2D eigenvalue weighted by molar-refractivity contribution is 7.98. The molecular formula is C26H30F2N6OS. The first kappa shape index (κ1) is 24.8. The Balaban J connectivity index is 1.38. The fourth-order valence-corrected chi connectivity index (χ4v) is 6.10. The third-order valence-electron chi connectivity index (χ3n) is 7.62. The Labute approximate surface area is 213 Å². The van der Waals surface area contributed by atoms with E-state index in [1.54, 1.807) is 24.4 Å². The number of halogens is 2. The van der Waals surface area contributed by atoms with Gasteiger partial charge in [-0.15, -0.1) is 22.0 Å². The lowest BCUT2D eigenvalue weighted by molar-refractivity contribution is 0.00193. The molecule has 2 saturated heterocycles. The van der Waals surface area contributed by atoms with Gasteiger partial charge in [0.2, 0.25) is 0 Å². The smallest absolute Gasteiger partial charge is 0.185 e. The summed E-state index contributed by atoms with van der Waals surface area (Å²) in [5.74, 6) is 0.140. The van der Waals surface area contributed by atoms with Gasteiger partial charge >= 0.3 is 0 Å². The summed E-state index contributed by atoms with van der Waals surface area (Å²) in [5.41, 5.74) is 0.557. The summed E-state index contributed by atoms with van der Waals surface area (Å²) in [4.78, 5) is 10.3. The van der Waals surface area contributed by atoms with Gasteiger partial charge in [-0.25, -0.2) is 18.7 Å². The molecule has 7 nitrogen and oxygen atoms in total. The number of nitrogens with zero attached hydrogens (tertiary/aromatic N) is 5. The predicted molar refractivity (Wildman–Crippen MR) is 137 cm³/mol. The number of aromatic hydroxyl groups is 1. The quantitative estimate of drug-likeness (QED) is 0.462. The number of hydrogen-bond donors (Lipinski definition) is 2. The van der Waals surface area contributed by atoms with Crippen LogP contribution in [0.25, 0.3) is 22.5 Å². The van der Waals surface area contributed by atoms with Crippen LogP contribution in [0.15, 0.2) is 41.7 Å². The minimum Gasteiger partial charge on any atom is -0.507 e. The van der Waals surface area contributed by atoms with Crippen molar-refractivity contribution in [1.82, 2.24) is 25.5 Å². The number of rotatable bonds is 5. The standard InChI is InChI=1S/C26H30F2N6OS/c1-25-8-5-9-26(2,33-25)23(28)19(12-25)34(3)21-14-30-24(32-31-21)16-7-6-15(10-20(16)35)17-11-22(36-4)29-13-18(17)27/h6-7,10-11,13-14,19,23,33,35H,5,8-9,12H2,1-4H3/t19-,23-,25-,26+/m1/s1. The topological polar surface area (TPSA) is 87.1 Å². The highest BCUT2D eigenvalue weighted by Gasteiger charge is 2.53. The van der Waals surface area contributed by atoms with Crippen LogP contribution in [0.4, 0.5) is 14.6 Å². The molecule has 0 aliphatic carbocycles. The molecule has 0 unspecified atom stereocenters. The third-order valence-corrected chi connectivity index (χ3v) is 8.26. The number of nitrogens with one attached hydrogen (secondary N) is 1. The Morgan fingerprint density at radius 2 is 1.92 bits per heavy atom. The second-order valence-corrected chi connectivity index (χ2v) is 11.1. The second-order valence-electron chi connectivity index (χ2n) is 10.3. The van der Waals surface area contributed by atoms with E-state index in [0.717, 1.165) is 19.3 Å². The maximum Gasteiger partial charge on any atom is 0.185 e. The van der Waals surface area contributed by atoms with Gasteiger partial charge in [-0.05, 0) is 69.5 Å². The van der Waals surface area contributed by atoms with Crippen molar-refractivity contribution in [3.63, 3.8) is 0 Å². The van der Waals surface area contributed by atoms with Gasteiger partial charge in [-0.2, -0.15) is 0 Å². The lowest BCUT2D eigenvalue weighted by Crippen LogP contribution is -2.72. The Morgan fingerprint density at radius 3 is 2.61 bits per heavy atom. The average Bonchev–Trinajstić information content (AvgIpc) is 2.86. The number of anilines is 1. The molecule has 2 fully saturated rings. The first-order chi connectivity index (χ1) is 17.1. The van der Waals surface area contributed by atoms with Crippen molar-refractivity contribution in [1.29, 1.82) is 0 Å². The molecule has 0 spiro atoms. The Bertz CT molecular complexity index is 1280. The molecule has 2 aliphatic rings. The maximum atomic E-state index is 15.6. The zero-order valence-electron chi connectivity index (χ0n) is 20.8. The largest absolute Gasteiger partial charge is 0.507 e. The predicted octanol–water partition coefficient (Wildman–Crippen LogP) is 5.00. The van der Waals surface area contributed by atoms with Gasteiger partial charge in [0.25, 0.3) is 0 Å². The first-order valence-electron chi connectivity index (χ1n) is 12.0. The molecule has 10 heteroatoms. The summed E-state index contributed by atoms with van der Waals surface area (Å²) in [5, 5.41) is 23.4. The third kappa shape index (κ3) is 4.41. The number of thioether (sulfide) groups is 1. The van der Waals surface area contributed by atoms with E-state index in [2.05, 4.69) is 32.4 Å². The highest BCUT2D eigenvalue weighted by Crippen LogP contribution is 2.43. The SMILES string of the molecule is CSc1cc(-c2ccc(-c3ncc(N(C)[C@@H]4C[C@@]5(C)CCC[C@](C)(N5)[C@@H]4F)nn3)c(O)c2)c(F)cn1. The van der Waals surface area contributed by atoms with Crippen LogP contribution in [-0.4, -0.2) is 61.9 Å². The van der Waals surface area contributed by atoms with Crippen LogP contribution in [0, 0.1) is 5.82 Å². The number of fused-ring (bicyclic) bond motifs is 2. The molecule has 4 heterocycles. The number of pyridine rings is 1. The zero-order chi connectivity index (χ0) is 25.7. The van der Waals surface area contributed by atoms with Crippen molar-refractivity contribution in [2.45, 2.75) is 67.8 Å². The summed E-state index contributed by atoms with van der Waals surface area (Å²) in [6, 6.07) is 6.10. The molecule has 1 aromatic carbocycles. The molecule has 0 saturated carbocycles. The Morgan fingerprint density at radius 1 is 1.11 bits per heavy atom. The maximum absolute atomic E-state index is 15.6. The summed E-state index contributed by atoms with van der Waals surface area (Å²) in [6.07, 6.45) is 7.02. The van der Waals surface area contributed by atoms with Crippen LogP contribution in [0.2, 0.25) is 0 Å². The lowest BCUT2D eigenvalue weighted by Gasteiger charge is -2.56. The molecule has 3 aromatic rings. The summed E-state index contributed by atoms with van der Waals surface area (Å²) >= 11 is 1.41. The Kier molecular flexibility index (Phi) is 6.36. The van der Waals surface area contributed by atoms with E-state index >= 15 is 4.39 Å². The molecule has 4 atom stereocenters. The van der Waals surface area contributed by atoms with Crippen molar-refractivity contribution in [2.75, 3.05) is 18.2 Å². The van der Waals surface area contributed by atoms with Crippen molar-refractivity contribution >= 4 is 17.6 Å². The lowest BCUT2D eigenvalue weighted by atomic mass is 9.68. The van der Waals surface area contributed by atoms with Crippen LogP contribution in [0.1, 0.15) is 39.5 Å². The minimum absolute atomic E-state index is 0.0897. The van der Waals surface area contributed by atoms with Gasteiger partial charge in [0.05, 0.1) is 29.0 Å². The highest BCUT2D eigenvalue weighted by atomic mass is 32.2. The number of piperidine rings is 2. The average molecular weight is 513 g/mol. The van der Waals surface area contributed by atoms with Gasteiger partial charge in [-0.1, -0.05) is 6.07 Å². The van der Waals surface area contributed by atoms with Crippen molar-refractivity contribution in [3.8, 4) is 28.3 Å². The Hall–Kier alpha value is -2.85. The summed E-state index contributed by atoms with van der Waals surface area (Å²) < 4.78 is 30.0. The fourth-order valence-electron chi connectivity index (χ4n) is 5.71. The molecule has 2 bridgehead atoms. The number of benzene rings is 1.